The number of aromatic amines is 1. The maximum atomic E-state index is 12.5. The molecule has 3 rings (SSSR count). The van der Waals surface area contributed by atoms with Crippen molar-refractivity contribution in [2.24, 2.45) is 5.92 Å². The summed E-state index contributed by atoms with van der Waals surface area (Å²) in [5, 5.41) is 14.8. The average molecular weight is 294 g/mol. The Morgan fingerprint density at radius 2 is 2.45 bits per heavy atom. The number of hydrogen-bond donors (Lipinski definition) is 2. The number of amidine groups is 1. The lowest BCUT2D eigenvalue weighted by Crippen LogP contribution is -2.41. The number of nitrogens with zero attached hydrogens (tertiary/aromatic N) is 2. The smallest absolute Gasteiger partial charge is 0.292 e. The second-order valence-electron chi connectivity index (χ2n) is 5.62. The molecule has 0 aromatic carbocycles. The molecule has 0 saturated carbocycles. The fraction of sp³-hybridized carbons (Fsp3) is 0.615. The first-order chi connectivity index (χ1) is 9.56. The van der Waals surface area contributed by atoms with E-state index in [4.69, 9.17) is 10.1 Å². The molecule has 0 bridgehead atoms. The minimum atomic E-state index is -0.240. The van der Waals surface area contributed by atoms with Crippen LogP contribution >= 0.6 is 11.8 Å². The molecule has 2 aliphatic rings. The van der Waals surface area contributed by atoms with Gasteiger partial charge in [-0.2, -0.15) is 16.9 Å². The fourth-order valence-electron chi connectivity index (χ4n) is 2.61. The summed E-state index contributed by atoms with van der Waals surface area (Å²) >= 11 is 1.75. The highest BCUT2D eigenvalue weighted by molar-refractivity contribution is 7.99. The molecule has 7 heteroatoms. The molecule has 0 spiro atoms. The number of fused-ring (bicyclic) bond motifs is 1. The summed E-state index contributed by atoms with van der Waals surface area (Å²) in [5.41, 5.74) is 1.32. The first-order valence-electron chi connectivity index (χ1n) is 6.77. The summed E-state index contributed by atoms with van der Waals surface area (Å²) < 4.78 is 5.44. The molecule has 108 valence electrons. The summed E-state index contributed by atoms with van der Waals surface area (Å²) in [5.74, 6) is 1.93. The number of rotatable bonds is 3. The molecule has 20 heavy (non-hydrogen) atoms. The van der Waals surface area contributed by atoms with Gasteiger partial charge in [-0.3, -0.25) is 20.2 Å². The van der Waals surface area contributed by atoms with Gasteiger partial charge in [0.1, 0.15) is 6.10 Å². The molecule has 2 aliphatic heterocycles. The predicted octanol–water partition coefficient (Wildman–Crippen LogP) is 1.50. The maximum Gasteiger partial charge on any atom is 0.292 e. The molecule has 6 nitrogen and oxygen atoms in total. The van der Waals surface area contributed by atoms with Crippen LogP contribution in [0, 0.1) is 11.3 Å². The van der Waals surface area contributed by atoms with E-state index in [1.807, 2.05) is 0 Å². The average Bonchev–Trinajstić information content (AvgIpc) is 3.03. The molecule has 3 heterocycles. The Morgan fingerprint density at radius 1 is 1.65 bits per heavy atom. The van der Waals surface area contributed by atoms with E-state index in [9.17, 15) is 4.79 Å². The van der Waals surface area contributed by atoms with Crippen LogP contribution in [0.2, 0.25) is 0 Å². The van der Waals surface area contributed by atoms with E-state index in [1.165, 1.54) is 4.90 Å². The highest BCUT2D eigenvalue weighted by Crippen LogP contribution is 2.32. The molecule has 2 fully saturated rings. The van der Waals surface area contributed by atoms with E-state index in [0.29, 0.717) is 11.6 Å². The van der Waals surface area contributed by atoms with E-state index >= 15 is 0 Å². The number of hydrogen-bond acceptors (Lipinski definition) is 5. The lowest BCUT2D eigenvalue weighted by molar-refractivity contribution is 0.0817. The fourth-order valence-corrected chi connectivity index (χ4v) is 3.87. The van der Waals surface area contributed by atoms with Crippen molar-refractivity contribution >= 4 is 23.7 Å². The highest BCUT2D eigenvalue weighted by atomic mass is 32.2. The van der Waals surface area contributed by atoms with Crippen LogP contribution < -0.4 is 0 Å². The third kappa shape index (κ3) is 2.30. The van der Waals surface area contributed by atoms with E-state index < -0.39 is 0 Å². The zero-order chi connectivity index (χ0) is 14.3. The normalized spacial score (nSPS) is 25.1. The van der Waals surface area contributed by atoms with Crippen LogP contribution in [0.4, 0.5) is 0 Å². The lowest BCUT2D eigenvalue weighted by Gasteiger charge is -2.17. The van der Waals surface area contributed by atoms with Crippen LogP contribution in [0.3, 0.4) is 0 Å². The van der Waals surface area contributed by atoms with Crippen molar-refractivity contribution in [1.29, 1.82) is 5.41 Å². The number of aromatic nitrogens is 2. The number of amides is 1. The molecule has 1 amide bonds. The molecule has 2 atom stereocenters. The third-order valence-electron chi connectivity index (χ3n) is 3.51. The van der Waals surface area contributed by atoms with E-state index in [1.54, 1.807) is 17.8 Å². The zero-order valence-corrected chi connectivity index (χ0v) is 12.4. The van der Waals surface area contributed by atoms with Crippen LogP contribution in [-0.2, 0) is 11.2 Å². The quantitative estimate of drug-likeness (QED) is 0.885. The van der Waals surface area contributed by atoms with Gasteiger partial charge in [0.25, 0.3) is 11.9 Å². The van der Waals surface area contributed by atoms with Gasteiger partial charge in [0, 0.05) is 17.2 Å². The topological polar surface area (TPSA) is 82.1 Å². The second-order valence-corrected chi connectivity index (χ2v) is 6.69. The first kappa shape index (κ1) is 13.5. The zero-order valence-electron chi connectivity index (χ0n) is 11.5. The molecule has 0 aliphatic carbocycles. The van der Waals surface area contributed by atoms with Gasteiger partial charge in [0.15, 0.2) is 5.69 Å². The Morgan fingerprint density at radius 3 is 3.20 bits per heavy atom. The van der Waals surface area contributed by atoms with Gasteiger partial charge in [0.05, 0.1) is 6.04 Å². The van der Waals surface area contributed by atoms with Crippen molar-refractivity contribution < 1.29 is 9.53 Å². The Hall–Kier alpha value is -1.50. The Bertz CT molecular complexity index is 542. The van der Waals surface area contributed by atoms with E-state index in [-0.39, 0.29) is 24.1 Å². The molecule has 2 N–H and O–H groups in total. The van der Waals surface area contributed by atoms with Gasteiger partial charge < -0.3 is 4.74 Å². The van der Waals surface area contributed by atoms with Gasteiger partial charge >= 0.3 is 0 Å². The van der Waals surface area contributed by atoms with Crippen LogP contribution in [-0.4, -0.2) is 50.7 Å². The maximum absolute atomic E-state index is 12.5. The minimum absolute atomic E-state index is 0.0229. The van der Waals surface area contributed by atoms with Crippen LogP contribution in [0.5, 0.6) is 0 Å². The highest BCUT2D eigenvalue weighted by Gasteiger charge is 2.46. The van der Waals surface area contributed by atoms with Gasteiger partial charge in [-0.15, -0.1) is 0 Å². The molecular weight excluding hydrogens is 276 g/mol. The van der Waals surface area contributed by atoms with Gasteiger partial charge in [-0.25, -0.2) is 0 Å². The monoisotopic (exact) mass is 294 g/mol. The number of nitrogens with one attached hydrogen (secondary N) is 2. The SMILES string of the molecule is CC(C)Cc1cc(C(=O)N2C(=N)OC3CSCC32)n[nH]1. The minimum Gasteiger partial charge on any atom is -0.459 e. The number of thioether (sulfide) groups is 1. The first-order valence-corrected chi connectivity index (χ1v) is 7.92. The molecule has 2 saturated heterocycles. The number of carbonyl (C=O) groups excluding carboxylic acids is 1. The third-order valence-corrected chi connectivity index (χ3v) is 4.65. The summed E-state index contributed by atoms with van der Waals surface area (Å²) in [6.45, 7) is 4.24. The van der Waals surface area contributed by atoms with Gasteiger partial charge in [-0.1, -0.05) is 13.8 Å². The molecule has 1 aromatic heterocycles. The predicted molar refractivity (Wildman–Crippen MR) is 77.0 cm³/mol. The summed E-state index contributed by atoms with van der Waals surface area (Å²) in [4.78, 5) is 14.0. The Labute approximate surface area is 121 Å². The summed E-state index contributed by atoms with van der Waals surface area (Å²) in [6.07, 6.45) is 0.821. The van der Waals surface area contributed by atoms with E-state index in [2.05, 4.69) is 24.0 Å². The second kappa shape index (κ2) is 5.12. The van der Waals surface area contributed by atoms with Crippen molar-refractivity contribution in [3.63, 3.8) is 0 Å². The summed E-state index contributed by atoms with van der Waals surface area (Å²) in [7, 11) is 0. The number of H-pyrrole nitrogens is 1. The van der Waals surface area contributed by atoms with Crippen molar-refractivity contribution in [3.05, 3.63) is 17.5 Å². The number of carbonyl (C=O) groups is 1. The van der Waals surface area contributed by atoms with Crippen molar-refractivity contribution in [2.75, 3.05) is 11.5 Å². The molecule has 1 aromatic rings. The molecular formula is C13H18N4O2S. The van der Waals surface area contributed by atoms with Crippen molar-refractivity contribution in [2.45, 2.75) is 32.4 Å². The molecule has 0 radical (unpaired) electrons. The van der Waals surface area contributed by atoms with Crippen LogP contribution in [0.25, 0.3) is 0 Å². The number of ether oxygens (including phenoxy) is 1. The van der Waals surface area contributed by atoms with Crippen LogP contribution in [0.15, 0.2) is 6.07 Å². The summed E-state index contributed by atoms with van der Waals surface area (Å²) in [6, 6.07) is 1.72. The standard InChI is InChI=1S/C13H18N4O2S/c1-7(2)3-8-4-9(16-15-8)12(18)17-10-5-20-6-11(10)19-13(17)14/h4,7,10-11,14H,3,5-6H2,1-2H3,(H,15,16). The Balaban J connectivity index is 1.78. The van der Waals surface area contributed by atoms with Gasteiger partial charge in [-0.05, 0) is 18.4 Å². The van der Waals surface area contributed by atoms with Gasteiger partial charge in [0.2, 0.25) is 0 Å². The van der Waals surface area contributed by atoms with Crippen LogP contribution in [0.1, 0.15) is 30.0 Å². The van der Waals surface area contributed by atoms with E-state index in [0.717, 1.165) is 23.6 Å². The van der Waals surface area contributed by atoms with Crippen molar-refractivity contribution in [3.8, 4) is 0 Å². The lowest BCUT2D eigenvalue weighted by atomic mass is 10.1. The largest absolute Gasteiger partial charge is 0.459 e. The Kier molecular flexibility index (Phi) is 3.45. The molecule has 2 unspecified atom stereocenters. The van der Waals surface area contributed by atoms with Crippen molar-refractivity contribution in [1.82, 2.24) is 15.1 Å².